The van der Waals surface area contributed by atoms with Crippen LogP contribution in [0.25, 0.3) is 0 Å². The highest BCUT2D eigenvalue weighted by atomic mass is 16.4. The molecule has 0 aromatic rings. The zero-order valence-corrected chi connectivity index (χ0v) is 5.92. The van der Waals surface area contributed by atoms with Crippen molar-refractivity contribution in [1.82, 2.24) is 5.32 Å². The van der Waals surface area contributed by atoms with Gasteiger partial charge in [-0.25, -0.2) is 0 Å². The molecule has 0 aliphatic rings. The lowest BCUT2D eigenvalue weighted by Gasteiger charge is -2.05. The monoisotopic (exact) mass is 164 g/mol. The molecule has 11 heavy (non-hydrogen) atoms. The highest BCUT2D eigenvalue weighted by molar-refractivity contribution is 5.74. The van der Waals surface area contributed by atoms with Crippen LogP contribution in [-0.2, 0) is 9.59 Å². The van der Waals surface area contributed by atoms with Gasteiger partial charge in [-0.1, -0.05) is 0 Å². The van der Waals surface area contributed by atoms with Gasteiger partial charge in [0.2, 0.25) is 5.91 Å². The molecule has 0 spiro atoms. The number of aliphatic carboxylic acids is 1. The number of amides is 1. The van der Waals surface area contributed by atoms with E-state index in [1.165, 1.54) is 0 Å². The fourth-order valence-electron chi connectivity index (χ4n) is 0.277. The second-order valence-corrected chi connectivity index (χ2v) is 1.71. The SMILES string of the molecule is [2H]C(NC(C)=O)C([2H])([2H])C([2H])(N)C(=O)O. The Kier molecular flexibility index (Phi) is 2.00. The van der Waals surface area contributed by atoms with Crippen LogP contribution in [0.1, 0.15) is 18.8 Å². The molecule has 2 atom stereocenters. The molecule has 0 heterocycles. The summed E-state index contributed by atoms with van der Waals surface area (Å²) in [5.74, 6) is -2.62. The second-order valence-electron chi connectivity index (χ2n) is 1.71. The van der Waals surface area contributed by atoms with Crippen molar-refractivity contribution >= 4 is 11.9 Å². The van der Waals surface area contributed by atoms with Crippen molar-refractivity contribution in [3.05, 3.63) is 0 Å². The Hall–Kier alpha value is -1.10. The summed E-state index contributed by atoms with van der Waals surface area (Å²) in [5, 5.41) is 10.3. The smallest absolute Gasteiger partial charge is 0.320 e. The van der Waals surface area contributed by atoms with Gasteiger partial charge in [0.25, 0.3) is 0 Å². The zero-order valence-electron chi connectivity index (χ0n) is 9.92. The molecule has 0 fully saturated rings. The van der Waals surface area contributed by atoms with Gasteiger partial charge < -0.3 is 16.2 Å². The Balaban J connectivity index is 4.95. The Bertz CT molecular complexity index is 282. The van der Waals surface area contributed by atoms with Gasteiger partial charge in [-0.15, -0.1) is 0 Å². The molecule has 1 amide bonds. The summed E-state index contributed by atoms with van der Waals surface area (Å²) in [5.41, 5.74) is 4.93. The summed E-state index contributed by atoms with van der Waals surface area (Å²) >= 11 is 0. The van der Waals surface area contributed by atoms with Crippen LogP contribution in [0.3, 0.4) is 0 Å². The quantitative estimate of drug-likeness (QED) is 0.493. The van der Waals surface area contributed by atoms with E-state index in [2.05, 4.69) is 0 Å². The van der Waals surface area contributed by atoms with Gasteiger partial charge in [-0.3, -0.25) is 9.59 Å². The minimum atomic E-state index is -3.00. The highest BCUT2D eigenvalue weighted by Gasteiger charge is 2.09. The maximum Gasteiger partial charge on any atom is 0.320 e. The van der Waals surface area contributed by atoms with Crippen LogP contribution < -0.4 is 11.1 Å². The fraction of sp³-hybridized carbons (Fsp3) is 0.667. The first-order valence-corrected chi connectivity index (χ1v) is 2.75. The lowest BCUT2D eigenvalue weighted by Crippen LogP contribution is -2.34. The van der Waals surface area contributed by atoms with E-state index in [0.717, 1.165) is 6.92 Å². The third-order valence-electron chi connectivity index (χ3n) is 0.734. The van der Waals surface area contributed by atoms with Crippen molar-refractivity contribution in [1.29, 1.82) is 0 Å². The van der Waals surface area contributed by atoms with Crippen molar-refractivity contribution in [2.24, 2.45) is 5.73 Å². The summed E-state index contributed by atoms with van der Waals surface area (Å²) in [6, 6.07) is -3.00. The number of carboxylic acid groups (broad SMARTS) is 1. The molecule has 0 bridgehead atoms. The zero-order chi connectivity index (χ0) is 12.4. The predicted molar refractivity (Wildman–Crippen MR) is 38.9 cm³/mol. The summed E-state index contributed by atoms with van der Waals surface area (Å²) in [6.07, 6.45) is -2.91. The van der Waals surface area contributed by atoms with Gasteiger partial charge >= 0.3 is 5.97 Å². The number of hydrogen-bond acceptors (Lipinski definition) is 3. The lowest BCUT2D eigenvalue weighted by molar-refractivity contribution is -0.138. The van der Waals surface area contributed by atoms with Gasteiger partial charge in [0, 0.05) is 17.6 Å². The van der Waals surface area contributed by atoms with Gasteiger partial charge in [0.15, 0.2) is 0 Å². The molecule has 0 radical (unpaired) electrons. The molecule has 4 N–H and O–H groups in total. The topological polar surface area (TPSA) is 92.4 Å². The van der Waals surface area contributed by atoms with E-state index >= 15 is 0 Å². The van der Waals surface area contributed by atoms with Crippen molar-refractivity contribution < 1.29 is 20.2 Å². The molecular weight excluding hydrogens is 148 g/mol. The number of nitrogens with one attached hydrogen (secondary N) is 1. The number of carbonyl (C=O) groups excluding carboxylic acids is 1. The summed E-state index contributed by atoms with van der Waals surface area (Å²) < 4.78 is 28.7. The Labute approximate surface area is 70.2 Å². The van der Waals surface area contributed by atoms with E-state index in [9.17, 15) is 9.59 Å². The van der Waals surface area contributed by atoms with E-state index in [1.54, 1.807) is 0 Å². The summed E-state index contributed by atoms with van der Waals surface area (Å²) in [4.78, 5) is 21.1. The van der Waals surface area contributed by atoms with Crippen LogP contribution in [0.15, 0.2) is 0 Å². The van der Waals surface area contributed by atoms with Crippen molar-refractivity contribution in [2.45, 2.75) is 19.3 Å². The average molecular weight is 164 g/mol. The van der Waals surface area contributed by atoms with E-state index < -0.39 is 30.8 Å². The van der Waals surface area contributed by atoms with Crippen LogP contribution in [-0.4, -0.2) is 29.5 Å². The Morgan fingerprint density at radius 2 is 2.45 bits per heavy atom. The molecule has 0 aromatic heterocycles. The second kappa shape index (κ2) is 4.68. The normalized spacial score (nSPS) is 24.5. The van der Waals surface area contributed by atoms with Gasteiger partial charge in [0.05, 0.1) is 1.37 Å². The van der Waals surface area contributed by atoms with E-state index in [-0.39, 0.29) is 0 Å². The summed E-state index contributed by atoms with van der Waals surface area (Å²) in [7, 11) is 0. The van der Waals surface area contributed by atoms with Gasteiger partial charge in [0.1, 0.15) is 6.02 Å². The third-order valence-corrected chi connectivity index (χ3v) is 0.734. The van der Waals surface area contributed by atoms with Crippen molar-refractivity contribution in [3.63, 3.8) is 0 Å². The van der Waals surface area contributed by atoms with Crippen LogP contribution in [0.4, 0.5) is 0 Å². The number of rotatable bonds is 4. The maximum absolute atomic E-state index is 10.6. The molecular formula is C6H12N2O3. The fourth-order valence-corrected chi connectivity index (χ4v) is 0.277. The number of carboxylic acids is 1. The van der Waals surface area contributed by atoms with E-state index in [0.29, 0.717) is 0 Å². The molecule has 0 saturated carbocycles. The molecule has 0 rings (SSSR count). The van der Waals surface area contributed by atoms with E-state index in [1.807, 2.05) is 5.32 Å². The van der Waals surface area contributed by atoms with E-state index in [4.69, 9.17) is 16.3 Å². The molecule has 5 nitrogen and oxygen atoms in total. The maximum atomic E-state index is 10.6. The number of carbonyl (C=O) groups is 2. The largest absolute Gasteiger partial charge is 0.480 e. The van der Waals surface area contributed by atoms with Crippen LogP contribution in [0.2, 0.25) is 0 Å². The molecule has 0 aliphatic carbocycles. The predicted octanol–water partition coefficient (Wildman–Crippen LogP) is -1.08. The van der Waals surface area contributed by atoms with Crippen molar-refractivity contribution in [3.8, 4) is 0 Å². The van der Waals surface area contributed by atoms with Gasteiger partial charge in [-0.05, 0) is 6.37 Å². The first kappa shape index (κ1) is 4.71. The van der Waals surface area contributed by atoms with Crippen molar-refractivity contribution in [2.75, 3.05) is 6.52 Å². The first-order chi connectivity index (χ1) is 6.53. The molecule has 2 unspecified atom stereocenters. The lowest BCUT2D eigenvalue weighted by atomic mass is 10.2. The first-order valence-electron chi connectivity index (χ1n) is 4.83. The van der Waals surface area contributed by atoms with Gasteiger partial charge in [-0.2, -0.15) is 0 Å². The number of nitrogens with two attached hydrogens (primary N) is 1. The molecule has 0 aromatic carbocycles. The highest BCUT2D eigenvalue weighted by Crippen LogP contribution is 1.85. The standard InChI is InChI=1S/C6H12N2O3/c1-4(9)8-3-2-5(7)6(10)11/h5H,2-3,7H2,1H3,(H,8,9)(H,10,11)/i2D2,3D,5D. The average Bonchev–Trinajstić information content (AvgIpc) is 2.01. The molecule has 0 saturated heterocycles. The molecule has 5 heteroatoms. The molecule has 0 aliphatic heterocycles. The van der Waals surface area contributed by atoms with Crippen LogP contribution in [0.5, 0.6) is 0 Å². The summed E-state index contributed by atoms with van der Waals surface area (Å²) in [6.45, 7) is -0.880. The third kappa shape index (κ3) is 5.35. The van der Waals surface area contributed by atoms with Crippen LogP contribution in [0, 0.1) is 0 Å². The minimum Gasteiger partial charge on any atom is -0.480 e. The minimum absolute atomic E-state index is 0.708. The molecule has 64 valence electrons. The number of hydrogen-bond donors (Lipinski definition) is 3. The Morgan fingerprint density at radius 1 is 1.91 bits per heavy atom. The van der Waals surface area contributed by atoms with Crippen LogP contribution >= 0.6 is 0 Å². The Morgan fingerprint density at radius 3 is 2.82 bits per heavy atom.